The maximum absolute atomic E-state index is 11.9. The minimum absolute atomic E-state index is 0.321. The predicted molar refractivity (Wildman–Crippen MR) is 69.9 cm³/mol. The Morgan fingerprint density at radius 3 is 2.22 bits per heavy atom. The fourth-order valence-corrected chi connectivity index (χ4v) is 1.41. The Kier molecular flexibility index (Phi) is 4.44. The molecule has 18 heavy (non-hydrogen) atoms. The molecule has 98 valence electrons. The molecule has 0 saturated heterocycles. The highest BCUT2D eigenvalue weighted by Crippen LogP contribution is 2.07. The molecule has 2 amide bonds. The normalized spacial score (nSPS) is 11.1. The number of carbonyl (C=O) groups excluding carboxylic acids is 2. The largest absolute Gasteiger partial charge is 0.368 e. The summed E-state index contributed by atoms with van der Waals surface area (Å²) < 4.78 is 0. The number of rotatable bonds is 5. The summed E-state index contributed by atoms with van der Waals surface area (Å²) in [6, 6.07) is 7.10. The summed E-state index contributed by atoms with van der Waals surface area (Å²) in [5.41, 5.74) is 11.1. The van der Waals surface area contributed by atoms with Crippen LogP contribution in [0.2, 0.25) is 0 Å². The summed E-state index contributed by atoms with van der Waals surface area (Å²) in [6.45, 7) is 3.70. The van der Waals surface area contributed by atoms with E-state index in [9.17, 15) is 9.59 Å². The molecule has 5 N–H and O–H groups in total. The topological polar surface area (TPSA) is 98.2 Å². The van der Waals surface area contributed by atoms with Crippen molar-refractivity contribution >= 4 is 11.8 Å². The van der Waals surface area contributed by atoms with Gasteiger partial charge in [-0.2, -0.15) is 0 Å². The van der Waals surface area contributed by atoms with E-state index >= 15 is 0 Å². The quantitative estimate of drug-likeness (QED) is 0.694. The second kappa shape index (κ2) is 5.64. The van der Waals surface area contributed by atoms with Crippen molar-refractivity contribution in [3.05, 3.63) is 35.4 Å². The van der Waals surface area contributed by atoms with E-state index in [1.807, 2.05) is 12.1 Å². The van der Waals surface area contributed by atoms with Crippen molar-refractivity contribution in [1.29, 1.82) is 0 Å². The van der Waals surface area contributed by atoms with E-state index in [2.05, 4.69) is 5.32 Å². The van der Waals surface area contributed by atoms with Crippen LogP contribution in [0.1, 0.15) is 29.8 Å². The highest BCUT2D eigenvalue weighted by Gasteiger charge is 2.27. The third kappa shape index (κ3) is 3.56. The standard InChI is InChI=1S/C13H19N3O2/c1-13(2,12(15)18)16-11(17)10-5-3-9(4-6-10)7-8-14/h3-6H,7-8,14H2,1-2H3,(H2,15,18)(H,16,17). The molecule has 0 unspecified atom stereocenters. The summed E-state index contributed by atoms with van der Waals surface area (Å²) in [5, 5.41) is 2.59. The van der Waals surface area contributed by atoms with E-state index in [0.29, 0.717) is 12.1 Å². The molecule has 0 fully saturated rings. The SMILES string of the molecule is CC(C)(NC(=O)c1ccc(CCN)cc1)C(N)=O. The molecule has 1 aromatic rings. The van der Waals surface area contributed by atoms with Gasteiger partial charge in [0.1, 0.15) is 5.54 Å². The average molecular weight is 249 g/mol. The fraction of sp³-hybridized carbons (Fsp3) is 0.385. The Balaban J connectivity index is 2.76. The Labute approximate surface area is 107 Å². The molecule has 0 atom stereocenters. The first-order valence-corrected chi connectivity index (χ1v) is 5.78. The Hall–Kier alpha value is -1.88. The van der Waals surface area contributed by atoms with Crippen LogP contribution in [-0.2, 0) is 11.2 Å². The molecule has 0 aromatic heterocycles. The second-order valence-electron chi connectivity index (χ2n) is 4.68. The first kappa shape index (κ1) is 14.2. The number of benzene rings is 1. The monoisotopic (exact) mass is 249 g/mol. The lowest BCUT2D eigenvalue weighted by Gasteiger charge is -2.22. The molecule has 0 saturated carbocycles. The van der Waals surface area contributed by atoms with Gasteiger partial charge in [0.2, 0.25) is 5.91 Å². The average Bonchev–Trinajstić information content (AvgIpc) is 2.29. The minimum Gasteiger partial charge on any atom is -0.368 e. The van der Waals surface area contributed by atoms with Gasteiger partial charge in [0, 0.05) is 5.56 Å². The number of primary amides is 1. The highest BCUT2D eigenvalue weighted by atomic mass is 16.2. The first-order chi connectivity index (χ1) is 8.36. The van der Waals surface area contributed by atoms with Gasteiger partial charge in [-0.3, -0.25) is 9.59 Å². The lowest BCUT2D eigenvalue weighted by atomic mass is 10.0. The lowest BCUT2D eigenvalue weighted by Crippen LogP contribution is -2.52. The first-order valence-electron chi connectivity index (χ1n) is 5.78. The van der Waals surface area contributed by atoms with E-state index in [1.165, 1.54) is 0 Å². The van der Waals surface area contributed by atoms with Gasteiger partial charge in [-0.1, -0.05) is 12.1 Å². The van der Waals surface area contributed by atoms with Crippen LogP contribution >= 0.6 is 0 Å². The molecule has 0 bridgehead atoms. The van der Waals surface area contributed by atoms with Crippen LogP contribution in [0.4, 0.5) is 0 Å². The number of hydrogen-bond acceptors (Lipinski definition) is 3. The number of carbonyl (C=O) groups is 2. The van der Waals surface area contributed by atoms with Crippen LogP contribution in [-0.4, -0.2) is 23.9 Å². The van der Waals surface area contributed by atoms with Gasteiger partial charge in [-0.05, 0) is 44.5 Å². The zero-order chi connectivity index (χ0) is 13.8. The number of hydrogen-bond donors (Lipinski definition) is 3. The van der Waals surface area contributed by atoms with Gasteiger partial charge in [-0.15, -0.1) is 0 Å². The van der Waals surface area contributed by atoms with Gasteiger partial charge >= 0.3 is 0 Å². The molecule has 0 spiro atoms. The van der Waals surface area contributed by atoms with Crippen molar-refractivity contribution in [2.75, 3.05) is 6.54 Å². The molecular formula is C13H19N3O2. The zero-order valence-electron chi connectivity index (χ0n) is 10.7. The maximum atomic E-state index is 11.9. The number of amides is 2. The van der Waals surface area contributed by atoms with Crippen molar-refractivity contribution in [2.45, 2.75) is 25.8 Å². The van der Waals surface area contributed by atoms with Crippen molar-refractivity contribution in [3.8, 4) is 0 Å². The third-order valence-corrected chi connectivity index (χ3v) is 2.69. The lowest BCUT2D eigenvalue weighted by molar-refractivity contribution is -0.122. The summed E-state index contributed by atoms with van der Waals surface area (Å²) in [7, 11) is 0. The Bertz CT molecular complexity index is 438. The third-order valence-electron chi connectivity index (χ3n) is 2.69. The summed E-state index contributed by atoms with van der Waals surface area (Å²) in [4.78, 5) is 23.0. The molecule has 0 aliphatic carbocycles. The van der Waals surface area contributed by atoms with Gasteiger partial charge in [0.15, 0.2) is 0 Å². The van der Waals surface area contributed by atoms with Gasteiger partial charge in [0.05, 0.1) is 0 Å². The molecular weight excluding hydrogens is 230 g/mol. The van der Waals surface area contributed by atoms with Crippen LogP contribution in [0, 0.1) is 0 Å². The van der Waals surface area contributed by atoms with Gasteiger partial charge < -0.3 is 16.8 Å². The number of nitrogens with one attached hydrogen (secondary N) is 1. The second-order valence-corrected chi connectivity index (χ2v) is 4.68. The Morgan fingerprint density at radius 2 is 1.78 bits per heavy atom. The van der Waals surface area contributed by atoms with Crippen LogP contribution in [0.5, 0.6) is 0 Å². The van der Waals surface area contributed by atoms with E-state index in [4.69, 9.17) is 11.5 Å². The summed E-state index contributed by atoms with van der Waals surface area (Å²) >= 11 is 0. The molecule has 0 radical (unpaired) electrons. The molecule has 0 heterocycles. The Morgan fingerprint density at radius 1 is 1.22 bits per heavy atom. The molecule has 5 heteroatoms. The molecule has 1 rings (SSSR count). The highest BCUT2D eigenvalue weighted by molar-refractivity contribution is 5.98. The summed E-state index contributed by atoms with van der Waals surface area (Å²) in [5.74, 6) is -0.895. The van der Waals surface area contributed by atoms with Crippen LogP contribution in [0.15, 0.2) is 24.3 Å². The van der Waals surface area contributed by atoms with Gasteiger partial charge in [-0.25, -0.2) is 0 Å². The molecule has 0 aliphatic rings. The van der Waals surface area contributed by atoms with Crippen LogP contribution in [0.25, 0.3) is 0 Å². The fourth-order valence-electron chi connectivity index (χ4n) is 1.41. The van der Waals surface area contributed by atoms with Crippen LogP contribution in [0.3, 0.4) is 0 Å². The maximum Gasteiger partial charge on any atom is 0.252 e. The van der Waals surface area contributed by atoms with E-state index in [0.717, 1.165) is 12.0 Å². The van der Waals surface area contributed by atoms with Crippen molar-refractivity contribution in [3.63, 3.8) is 0 Å². The van der Waals surface area contributed by atoms with E-state index in [1.54, 1.807) is 26.0 Å². The van der Waals surface area contributed by atoms with E-state index in [-0.39, 0.29) is 5.91 Å². The van der Waals surface area contributed by atoms with E-state index < -0.39 is 11.4 Å². The van der Waals surface area contributed by atoms with Crippen molar-refractivity contribution in [2.24, 2.45) is 11.5 Å². The van der Waals surface area contributed by atoms with Crippen molar-refractivity contribution in [1.82, 2.24) is 5.32 Å². The minimum atomic E-state index is -1.06. The predicted octanol–water partition coefficient (Wildman–Crippen LogP) is 0.182. The number of nitrogens with two attached hydrogens (primary N) is 2. The zero-order valence-corrected chi connectivity index (χ0v) is 10.7. The smallest absolute Gasteiger partial charge is 0.252 e. The van der Waals surface area contributed by atoms with Crippen molar-refractivity contribution < 1.29 is 9.59 Å². The molecule has 1 aromatic carbocycles. The molecule has 0 aliphatic heterocycles. The summed E-state index contributed by atoms with van der Waals surface area (Å²) in [6.07, 6.45) is 0.772. The molecule has 5 nitrogen and oxygen atoms in total. The van der Waals surface area contributed by atoms with Crippen LogP contribution < -0.4 is 16.8 Å². The van der Waals surface area contributed by atoms with Gasteiger partial charge in [0.25, 0.3) is 5.91 Å².